The first-order chi connectivity index (χ1) is 9.51. The zero-order valence-electron chi connectivity index (χ0n) is 12.5. The molecule has 0 aliphatic carbocycles. The molecule has 20 heavy (non-hydrogen) atoms. The molecule has 7 heteroatoms. The van der Waals surface area contributed by atoms with Crippen molar-refractivity contribution in [1.82, 2.24) is 20.1 Å². The summed E-state index contributed by atoms with van der Waals surface area (Å²) >= 11 is 0. The summed E-state index contributed by atoms with van der Waals surface area (Å²) in [5, 5.41) is 10.1. The van der Waals surface area contributed by atoms with Crippen molar-refractivity contribution in [2.45, 2.75) is 40.2 Å². The molecule has 2 heterocycles. The minimum absolute atomic E-state index is 0.258. The normalized spacial score (nSPS) is 10.9. The van der Waals surface area contributed by atoms with E-state index in [2.05, 4.69) is 44.6 Å². The molecule has 0 radical (unpaired) electrons. The van der Waals surface area contributed by atoms with E-state index in [-0.39, 0.29) is 5.92 Å². The van der Waals surface area contributed by atoms with Gasteiger partial charge in [0.2, 0.25) is 5.89 Å². The molecule has 0 fully saturated rings. The van der Waals surface area contributed by atoms with Crippen molar-refractivity contribution in [2.75, 3.05) is 17.7 Å². The Kier molecular flexibility index (Phi) is 4.16. The predicted octanol–water partition coefficient (Wildman–Crippen LogP) is 2.25. The standard InChI is InChI=1S/C13H20N6O/c1-7(2)11-17-12(14-5)8(3)13(18-11)15-6-10-16-9(4)19-20-10/h7H,6H2,1-5H3,(H2,14,15,17,18). The van der Waals surface area contributed by atoms with Crippen LogP contribution in [0.2, 0.25) is 0 Å². The van der Waals surface area contributed by atoms with E-state index in [9.17, 15) is 0 Å². The van der Waals surface area contributed by atoms with E-state index >= 15 is 0 Å². The van der Waals surface area contributed by atoms with Gasteiger partial charge >= 0.3 is 0 Å². The monoisotopic (exact) mass is 276 g/mol. The van der Waals surface area contributed by atoms with Gasteiger partial charge in [-0.25, -0.2) is 9.97 Å². The molecule has 0 spiro atoms. The SMILES string of the molecule is CNc1nc(C(C)C)nc(NCc2nc(C)no2)c1C. The van der Waals surface area contributed by atoms with Crippen molar-refractivity contribution in [3.05, 3.63) is 23.1 Å². The molecule has 0 saturated heterocycles. The van der Waals surface area contributed by atoms with E-state index in [0.29, 0.717) is 18.3 Å². The summed E-state index contributed by atoms with van der Waals surface area (Å²) in [4.78, 5) is 13.2. The Bertz CT molecular complexity index is 593. The van der Waals surface area contributed by atoms with Gasteiger partial charge in [-0.1, -0.05) is 19.0 Å². The fourth-order valence-electron chi connectivity index (χ4n) is 1.78. The predicted molar refractivity (Wildman–Crippen MR) is 76.8 cm³/mol. The molecule has 0 saturated carbocycles. The van der Waals surface area contributed by atoms with Gasteiger partial charge in [0.05, 0.1) is 6.54 Å². The maximum atomic E-state index is 5.08. The zero-order chi connectivity index (χ0) is 14.7. The Morgan fingerprint density at radius 2 is 1.80 bits per heavy atom. The van der Waals surface area contributed by atoms with Crippen molar-refractivity contribution >= 4 is 11.6 Å². The molecule has 2 aromatic rings. The second-order valence-corrected chi connectivity index (χ2v) is 4.90. The highest BCUT2D eigenvalue weighted by atomic mass is 16.5. The highest BCUT2D eigenvalue weighted by molar-refractivity contribution is 5.57. The van der Waals surface area contributed by atoms with Crippen molar-refractivity contribution < 1.29 is 4.52 Å². The van der Waals surface area contributed by atoms with Crippen LogP contribution in [-0.4, -0.2) is 27.2 Å². The Hall–Kier alpha value is -2.18. The lowest BCUT2D eigenvalue weighted by atomic mass is 10.2. The number of aryl methyl sites for hydroxylation is 1. The topological polar surface area (TPSA) is 88.8 Å². The molecular weight excluding hydrogens is 256 g/mol. The summed E-state index contributed by atoms with van der Waals surface area (Å²) in [7, 11) is 1.85. The third-order valence-corrected chi connectivity index (χ3v) is 2.89. The third-order valence-electron chi connectivity index (χ3n) is 2.89. The van der Waals surface area contributed by atoms with Gasteiger partial charge in [0, 0.05) is 18.5 Å². The Morgan fingerprint density at radius 1 is 1.10 bits per heavy atom. The highest BCUT2D eigenvalue weighted by Gasteiger charge is 2.13. The number of nitrogens with zero attached hydrogens (tertiary/aromatic N) is 4. The Labute approximate surface area is 118 Å². The van der Waals surface area contributed by atoms with Crippen LogP contribution >= 0.6 is 0 Å². The number of hydrogen-bond donors (Lipinski definition) is 2. The first-order valence-electron chi connectivity index (χ1n) is 6.60. The summed E-state index contributed by atoms with van der Waals surface area (Å²) in [6.45, 7) is 8.33. The van der Waals surface area contributed by atoms with Crippen LogP contribution in [0, 0.1) is 13.8 Å². The molecule has 0 aliphatic rings. The van der Waals surface area contributed by atoms with Crippen molar-refractivity contribution in [3.8, 4) is 0 Å². The smallest absolute Gasteiger partial charge is 0.245 e. The lowest BCUT2D eigenvalue weighted by molar-refractivity contribution is 0.379. The van der Waals surface area contributed by atoms with Crippen LogP contribution in [0.5, 0.6) is 0 Å². The van der Waals surface area contributed by atoms with Crippen LogP contribution in [0.25, 0.3) is 0 Å². The van der Waals surface area contributed by atoms with Gasteiger partial charge in [-0.15, -0.1) is 0 Å². The van der Waals surface area contributed by atoms with E-state index in [1.807, 2.05) is 14.0 Å². The first-order valence-corrected chi connectivity index (χ1v) is 6.60. The van der Waals surface area contributed by atoms with Gasteiger partial charge in [0.15, 0.2) is 5.82 Å². The molecule has 0 aliphatic heterocycles. The van der Waals surface area contributed by atoms with Crippen LogP contribution < -0.4 is 10.6 Å². The summed E-state index contributed by atoms with van der Waals surface area (Å²) in [5.74, 6) is 3.83. The average Bonchev–Trinajstić information content (AvgIpc) is 2.83. The first kappa shape index (κ1) is 14.2. The molecule has 0 unspecified atom stereocenters. The highest BCUT2D eigenvalue weighted by Crippen LogP contribution is 2.23. The third kappa shape index (κ3) is 3.04. The largest absolute Gasteiger partial charge is 0.373 e. The molecular formula is C13H20N6O. The van der Waals surface area contributed by atoms with E-state index in [0.717, 1.165) is 23.0 Å². The summed E-state index contributed by atoms with van der Waals surface area (Å²) in [6.07, 6.45) is 0. The second kappa shape index (κ2) is 5.85. The van der Waals surface area contributed by atoms with E-state index in [1.54, 1.807) is 6.92 Å². The number of hydrogen-bond acceptors (Lipinski definition) is 7. The second-order valence-electron chi connectivity index (χ2n) is 4.90. The van der Waals surface area contributed by atoms with Crippen LogP contribution in [-0.2, 0) is 6.54 Å². The molecule has 2 rings (SSSR count). The molecule has 0 aromatic carbocycles. The van der Waals surface area contributed by atoms with E-state index in [4.69, 9.17) is 4.52 Å². The van der Waals surface area contributed by atoms with Gasteiger partial charge in [-0.05, 0) is 13.8 Å². The van der Waals surface area contributed by atoms with Crippen molar-refractivity contribution in [3.63, 3.8) is 0 Å². The average molecular weight is 276 g/mol. The summed E-state index contributed by atoms with van der Waals surface area (Å²) in [5.41, 5.74) is 0.966. The lowest BCUT2D eigenvalue weighted by Gasteiger charge is -2.14. The van der Waals surface area contributed by atoms with Crippen LogP contribution in [0.4, 0.5) is 11.6 Å². The maximum Gasteiger partial charge on any atom is 0.245 e. The van der Waals surface area contributed by atoms with Gasteiger partial charge in [0.25, 0.3) is 0 Å². The number of rotatable bonds is 5. The molecule has 7 nitrogen and oxygen atoms in total. The number of anilines is 2. The van der Waals surface area contributed by atoms with E-state index in [1.165, 1.54) is 0 Å². The quantitative estimate of drug-likeness (QED) is 0.865. The summed E-state index contributed by atoms with van der Waals surface area (Å²) in [6, 6.07) is 0. The van der Waals surface area contributed by atoms with Crippen LogP contribution in [0.15, 0.2) is 4.52 Å². The Morgan fingerprint density at radius 3 is 2.35 bits per heavy atom. The van der Waals surface area contributed by atoms with Crippen molar-refractivity contribution in [1.29, 1.82) is 0 Å². The zero-order valence-corrected chi connectivity index (χ0v) is 12.5. The lowest BCUT2D eigenvalue weighted by Crippen LogP contribution is -2.10. The fourth-order valence-corrected chi connectivity index (χ4v) is 1.78. The molecule has 2 N–H and O–H groups in total. The van der Waals surface area contributed by atoms with E-state index < -0.39 is 0 Å². The molecule has 2 aromatic heterocycles. The van der Waals surface area contributed by atoms with Gasteiger partial charge < -0.3 is 15.2 Å². The fraction of sp³-hybridized carbons (Fsp3) is 0.538. The summed E-state index contributed by atoms with van der Waals surface area (Å²) < 4.78 is 5.08. The molecule has 0 bridgehead atoms. The van der Waals surface area contributed by atoms with Gasteiger partial charge in [0.1, 0.15) is 17.5 Å². The van der Waals surface area contributed by atoms with Gasteiger partial charge in [-0.2, -0.15) is 4.98 Å². The molecule has 108 valence electrons. The minimum Gasteiger partial charge on any atom is -0.373 e. The van der Waals surface area contributed by atoms with Gasteiger partial charge in [-0.3, -0.25) is 0 Å². The molecule has 0 amide bonds. The Balaban J connectivity index is 2.23. The van der Waals surface area contributed by atoms with Crippen LogP contribution in [0.3, 0.4) is 0 Å². The molecule has 0 atom stereocenters. The maximum absolute atomic E-state index is 5.08. The minimum atomic E-state index is 0.258. The number of nitrogens with one attached hydrogen (secondary N) is 2. The number of aromatic nitrogens is 4. The van der Waals surface area contributed by atoms with Crippen LogP contribution in [0.1, 0.15) is 42.9 Å². The van der Waals surface area contributed by atoms with Crippen molar-refractivity contribution in [2.24, 2.45) is 0 Å².